The summed E-state index contributed by atoms with van der Waals surface area (Å²) in [5, 5.41) is 0. The molecule has 0 aliphatic carbocycles. The van der Waals surface area contributed by atoms with E-state index in [4.69, 9.17) is 0 Å². The van der Waals surface area contributed by atoms with Gasteiger partial charge in [-0.05, 0) is 41.7 Å². The van der Waals surface area contributed by atoms with Crippen molar-refractivity contribution in [3.05, 3.63) is 71.8 Å². The summed E-state index contributed by atoms with van der Waals surface area (Å²) in [7, 11) is 0. The molecule has 106 valence electrons. The zero-order valence-corrected chi connectivity index (χ0v) is 12.9. The van der Waals surface area contributed by atoms with Crippen molar-refractivity contribution < 1.29 is 0 Å². The van der Waals surface area contributed by atoms with Gasteiger partial charge in [-0.25, -0.2) is 0 Å². The smallest absolute Gasteiger partial charge is 0.0245 e. The number of rotatable bonds is 6. The summed E-state index contributed by atoms with van der Waals surface area (Å²) in [5.41, 5.74) is 2.92. The standard InChI is InChI=1S/C20H26/c1-16(2)20(15-19-12-8-5-9-13-19)17(3)14-18-10-6-4-7-11-18/h4-13,16-17,20H,14-15H2,1-3H3. The average molecular weight is 266 g/mol. The first-order valence-electron chi connectivity index (χ1n) is 7.74. The van der Waals surface area contributed by atoms with Gasteiger partial charge in [-0.1, -0.05) is 81.4 Å². The average Bonchev–Trinajstić information content (AvgIpc) is 2.46. The molecule has 0 amide bonds. The summed E-state index contributed by atoms with van der Waals surface area (Å²) in [6.45, 7) is 7.12. The van der Waals surface area contributed by atoms with Crippen LogP contribution < -0.4 is 0 Å². The van der Waals surface area contributed by atoms with Crippen molar-refractivity contribution in [1.82, 2.24) is 0 Å². The Kier molecular flexibility index (Phi) is 5.40. The van der Waals surface area contributed by atoms with Crippen LogP contribution in [0.15, 0.2) is 60.7 Å². The van der Waals surface area contributed by atoms with Crippen LogP contribution in [0.3, 0.4) is 0 Å². The summed E-state index contributed by atoms with van der Waals surface area (Å²) in [6.07, 6.45) is 2.36. The van der Waals surface area contributed by atoms with E-state index in [-0.39, 0.29) is 0 Å². The zero-order valence-electron chi connectivity index (χ0n) is 12.9. The maximum Gasteiger partial charge on any atom is -0.0245 e. The highest BCUT2D eigenvalue weighted by Crippen LogP contribution is 2.28. The second kappa shape index (κ2) is 7.28. The van der Waals surface area contributed by atoms with Gasteiger partial charge in [0, 0.05) is 0 Å². The van der Waals surface area contributed by atoms with Crippen LogP contribution in [0, 0.1) is 17.8 Å². The topological polar surface area (TPSA) is 0 Å². The molecule has 0 nitrogen and oxygen atoms in total. The van der Waals surface area contributed by atoms with Gasteiger partial charge in [0.1, 0.15) is 0 Å². The molecule has 0 N–H and O–H groups in total. The van der Waals surface area contributed by atoms with Gasteiger partial charge < -0.3 is 0 Å². The van der Waals surface area contributed by atoms with Crippen molar-refractivity contribution in [2.75, 3.05) is 0 Å². The number of hydrogen-bond donors (Lipinski definition) is 0. The van der Waals surface area contributed by atoms with E-state index in [0.29, 0.717) is 11.8 Å². The minimum Gasteiger partial charge on any atom is -0.0625 e. The molecule has 2 rings (SSSR count). The number of benzene rings is 2. The zero-order chi connectivity index (χ0) is 14.4. The summed E-state index contributed by atoms with van der Waals surface area (Å²) in [6, 6.07) is 21.8. The molecule has 0 spiro atoms. The summed E-state index contributed by atoms with van der Waals surface area (Å²) in [5.74, 6) is 2.16. The summed E-state index contributed by atoms with van der Waals surface area (Å²) < 4.78 is 0. The van der Waals surface area contributed by atoms with Gasteiger partial charge in [-0.2, -0.15) is 0 Å². The van der Waals surface area contributed by atoms with Crippen LogP contribution in [0.5, 0.6) is 0 Å². The molecular weight excluding hydrogens is 240 g/mol. The van der Waals surface area contributed by atoms with Crippen molar-refractivity contribution in [2.45, 2.75) is 33.6 Å². The predicted octanol–water partition coefficient (Wildman–Crippen LogP) is 5.38. The van der Waals surface area contributed by atoms with Gasteiger partial charge in [0.15, 0.2) is 0 Å². The van der Waals surface area contributed by atoms with Gasteiger partial charge in [0.2, 0.25) is 0 Å². The Morgan fingerprint density at radius 1 is 0.650 bits per heavy atom. The molecule has 0 bridgehead atoms. The van der Waals surface area contributed by atoms with Gasteiger partial charge in [0.05, 0.1) is 0 Å². The van der Waals surface area contributed by atoms with Crippen LogP contribution in [0.25, 0.3) is 0 Å². The van der Waals surface area contributed by atoms with Crippen molar-refractivity contribution in [2.24, 2.45) is 17.8 Å². The first kappa shape index (κ1) is 14.8. The maximum atomic E-state index is 2.40. The first-order valence-corrected chi connectivity index (χ1v) is 7.74. The lowest BCUT2D eigenvalue weighted by atomic mass is 9.77. The molecule has 0 saturated carbocycles. The van der Waals surface area contributed by atoms with E-state index in [2.05, 4.69) is 81.4 Å². The summed E-state index contributed by atoms with van der Waals surface area (Å²) in [4.78, 5) is 0. The van der Waals surface area contributed by atoms with Crippen LogP contribution in [0.2, 0.25) is 0 Å². The highest BCUT2D eigenvalue weighted by Gasteiger charge is 2.21. The van der Waals surface area contributed by atoms with Crippen molar-refractivity contribution in [3.8, 4) is 0 Å². The third-order valence-corrected chi connectivity index (χ3v) is 4.30. The quantitative estimate of drug-likeness (QED) is 0.658. The number of hydrogen-bond acceptors (Lipinski definition) is 0. The molecule has 0 heterocycles. The molecule has 0 aromatic heterocycles. The van der Waals surface area contributed by atoms with Gasteiger partial charge in [-0.15, -0.1) is 0 Å². The third kappa shape index (κ3) is 4.23. The molecule has 2 aromatic carbocycles. The molecule has 2 atom stereocenters. The molecule has 0 heteroatoms. The fourth-order valence-electron chi connectivity index (χ4n) is 3.12. The Hall–Kier alpha value is -1.56. The van der Waals surface area contributed by atoms with Gasteiger partial charge >= 0.3 is 0 Å². The Morgan fingerprint density at radius 2 is 1.10 bits per heavy atom. The van der Waals surface area contributed by atoms with Crippen molar-refractivity contribution in [3.63, 3.8) is 0 Å². The molecule has 0 radical (unpaired) electrons. The van der Waals surface area contributed by atoms with Crippen LogP contribution in [-0.4, -0.2) is 0 Å². The van der Waals surface area contributed by atoms with Crippen LogP contribution in [-0.2, 0) is 12.8 Å². The van der Waals surface area contributed by atoms with E-state index in [1.165, 1.54) is 24.0 Å². The van der Waals surface area contributed by atoms with E-state index in [1.807, 2.05) is 0 Å². The van der Waals surface area contributed by atoms with Crippen LogP contribution >= 0.6 is 0 Å². The lowest BCUT2D eigenvalue weighted by Crippen LogP contribution is -2.22. The lowest BCUT2D eigenvalue weighted by Gasteiger charge is -2.28. The Balaban J connectivity index is 2.04. The Labute approximate surface area is 123 Å². The molecule has 0 aliphatic rings. The normalized spacial score (nSPS) is 14.2. The van der Waals surface area contributed by atoms with Gasteiger partial charge in [-0.3, -0.25) is 0 Å². The molecule has 0 saturated heterocycles. The SMILES string of the molecule is CC(C)C(Cc1ccccc1)C(C)Cc1ccccc1. The third-order valence-electron chi connectivity index (χ3n) is 4.30. The summed E-state index contributed by atoms with van der Waals surface area (Å²) >= 11 is 0. The molecule has 0 fully saturated rings. The van der Waals surface area contributed by atoms with E-state index < -0.39 is 0 Å². The van der Waals surface area contributed by atoms with E-state index in [1.54, 1.807) is 0 Å². The van der Waals surface area contributed by atoms with Crippen LogP contribution in [0.4, 0.5) is 0 Å². The minimum absolute atomic E-state index is 0.706. The van der Waals surface area contributed by atoms with Gasteiger partial charge in [0.25, 0.3) is 0 Å². The van der Waals surface area contributed by atoms with Crippen LogP contribution in [0.1, 0.15) is 31.9 Å². The second-order valence-corrected chi connectivity index (χ2v) is 6.26. The first-order chi connectivity index (χ1) is 9.66. The Bertz CT molecular complexity index is 484. The minimum atomic E-state index is 0.706. The molecular formula is C20H26. The molecule has 2 unspecified atom stereocenters. The second-order valence-electron chi connectivity index (χ2n) is 6.26. The van der Waals surface area contributed by atoms with E-state index in [9.17, 15) is 0 Å². The predicted molar refractivity (Wildman–Crippen MR) is 87.8 cm³/mol. The fourth-order valence-corrected chi connectivity index (χ4v) is 3.12. The molecule has 20 heavy (non-hydrogen) atoms. The van der Waals surface area contributed by atoms with E-state index in [0.717, 1.165) is 5.92 Å². The Morgan fingerprint density at radius 3 is 1.55 bits per heavy atom. The monoisotopic (exact) mass is 266 g/mol. The van der Waals surface area contributed by atoms with E-state index >= 15 is 0 Å². The van der Waals surface area contributed by atoms with Crippen molar-refractivity contribution >= 4 is 0 Å². The molecule has 2 aromatic rings. The fraction of sp³-hybridized carbons (Fsp3) is 0.400. The highest BCUT2D eigenvalue weighted by molar-refractivity contribution is 5.17. The van der Waals surface area contributed by atoms with Crippen molar-refractivity contribution in [1.29, 1.82) is 0 Å². The molecule has 0 aliphatic heterocycles. The highest BCUT2D eigenvalue weighted by atomic mass is 14.3. The largest absolute Gasteiger partial charge is 0.0625 e. The lowest BCUT2D eigenvalue weighted by molar-refractivity contribution is 0.267. The maximum absolute atomic E-state index is 2.40.